The smallest absolute Gasteiger partial charge is 0.291 e. The van der Waals surface area contributed by atoms with Crippen LogP contribution in [0.25, 0.3) is 11.0 Å². The van der Waals surface area contributed by atoms with E-state index in [9.17, 15) is 9.59 Å². The minimum absolute atomic E-state index is 0.142. The fraction of sp³-hybridized carbons (Fsp3) is 0.0800. The number of fused-ring (bicyclic) bond motifs is 1. The molecule has 0 radical (unpaired) electrons. The van der Waals surface area contributed by atoms with Crippen LogP contribution in [-0.2, 0) is 4.79 Å². The van der Waals surface area contributed by atoms with Gasteiger partial charge in [-0.1, -0.05) is 34.1 Å². The topological polar surface area (TPSA) is 92.6 Å². The zero-order valence-electron chi connectivity index (χ0n) is 18.1. The SMILES string of the molecule is Cc1cc(NC(=S)NC(=O)COc2ccc(Br)cc2)ccc1NC(=O)c1cc2ccccc2o1. The Morgan fingerprint density at radius 1 is 1.00 bits per heavy atom. The summed E-state index contributed by atoms with van der Waals surface area (Å²) >= 11 is 8.56. The first kappa shape index (κ1) is 23.5. The molecule has 0 aliphatic carbocycles. The second kappa shape index (κ2) is 10.5. The van der Waals surface area contributed by atoms with Gasteiger partial charge in [0.1, 0.15) is 11.3 Å². The Bertz CT molecular complexity index is 1340. The van der Waals surface area contributed by atoms with Gasteiger partial charge in [0.25, 0.3) is 11.8 Å². The Morgan fingerprint density at radius 2 is 1.76 bits per heavy atom. The summed E-state index contributed by atoms with van der Waals surface area (Å²) in [6.45, 7) is 1.68. The summed E-state index contributed by atoms with van der Waals surface area (Å²) in [6.07, 6.45) is 0. The molecule has 9 heteroatoms. The molecule has 7 nitrogen and oxygen atoms in total. The fourth-order valence-electron chi connectivity index (χ4n) is 3.16. The maximum absolute atomic E-state index is 12.6. The number of halogens is 1. The molecule has 0 unspecified atom stereocenters. The van der Waals surface area contributed by atoms with Gasteiger partial charge in [0.05, 0.1) is 0 Å². The molecule has 0 aliphatic rings. The lowest BCUT2D eigenvalue weighted by atomic mass is 10.1. The highest BCUT2D eigenvalue weighted by Crippen LogP contribution is 2.23. The van der Waals surface area contributed by atoms with E-state index in [0.717, 1.165) is 15.4 Å². The lowest BCUT2D eigenvalue weighted by Gasteiger charge is -2.13. The third kappa shape index (κ3) is 6.00. The van der Waals surface area contributed by atoms with Crippen LogP contribution in [0.15, 0.2) is 81.7 Å². The van der Waals surface area contributed by atoms with Crippen LogP contribution >= 0.6 is 28.1 Å². The van der Waals surface area contributed by atoms with Crippen molar-refractivity contribution in [2.75, 3.05) is 17.2 Å². The summed E-state index contributed by atoms with van der Waals surface area (Å²) in [4.78, 5) is 24.7. The third-order valence-electron chi connectivity index (χ3n) is 4.82. The van der Waals surface area contributed by atoms with Crippen LogP contribution in [0, 0.1) is 6.92 Å². The summed E-state index contributed by atoms with van der Waals surface area (Å²) in [5, 5.41) is 9.39. The van der Waals surface area contributed by atoms with Crippen LogP contribution in [0.2, 0.25) is 0 Å². The maximum Gasteiger partial charge on any atom is 0.291 e. The van der Waals surface area contributed by atoms with Crippen molar-refractivity contribution in [2.24, 2.45) is 0 Å². The molecule has 0 fully saturated rings. The number of amides is 2. The lowest BCUT2D eigenvalue weighted by Crippen LogP contribution is -2.37. The van der Waals surface area contributed by atoms with Crippen molar-refractivity contribution in [2.45, 2.75) is 6.92 Å². The number of hydrogen-bond donors (Lipinski definition) is 3. The molecule has 0 saturated heterocycles. The average Bonchev–Trinajstić information content (AvgIpc) is 3.25. The van der Waals surface area contributed by atoms with Crippen LogP contribution < -0.4 is 20.7 Å². The van der Waals surface area contributed by atoms with Gasteiger partial charge in [-0.25, -0.2) is 0 Å². The first-order chi connectivity index (χ1) is 16.4. The van der Waals surface area contributed by atoms with Gasteiger partial charge in [-0.05, 0) is 79.3 Å². The molecule has 0 spiro atoms. The van der Waals surface area contributed by atoms with Gasteiger partial charge in [0.15, 0.2) is 17.5 Å². The maximum atomic E-state index is 12.6. The van der Waals surface area contributed by atoms with Gasteiger partial charge >= 0.3 is 0 Å². The van der Waals surface area contributed by atoms with E-state index in [2.05, 4.69) is 31.9 Å². The molecule has 4 aromatic rings. The van der Waals surface area contributed by atoms with Crippen molar-refractivity contribution in [3.8, 4) is 5.75 Å². The average molecular weight is 538 g/mol. The van der Waals surface area contributed by atoms with E-state index < -0.39 is 0 Å². The Morgan fingerprint density at radius 3 is 2.50 bits per heavy atom. The number of ether oxygens (including phenoxy) is 1. The molecule has 0 aliphatic heterocycles. The predicted octanol–water partition coefficient (Wildman–Crippen LogP) is 5.65. The van der Waals surface area contributed by atoms with Crippen molar-refractivity contribution in [1.82, 2.24) is 5.32 Å². The Kier molecular flexibility index (Phi) is 7.24. The van der Waals surface area contributed by atoms with Crippen molar-refractivity contribution in [3.05, 3.63) is 88.6 Å². The highest BCUT2D eigenvalue weighted by Gasteiger charge is 2.14. The first-order valence-corrected chi connectivity index (χ1v) is 11.5. The van der Waals surface area contributed by atoms with Crippen molar-refractivity contribution in [1.29, 1.82) is 0 Å². The molecule has 3 aromatic carbocycles. The second-order valence-corrected chi connectivity index (χ2v) is 8.70. The number of anilines is 2. The summed E-state index contributed by atoms with van der Waals surface area (Å²) in [6, 6.07) is 21.6. The minimum atomic E-state index is -0.383. The molecule has 34 heavy (non-hydrogen) atoms. The van der Waals surface area contributed by atoms with Crippen LogP contribution in [-0.4, -0.2) is 23.5 Å². The Balaban J connectivity index is 1.30. The van der Waals surface area contributed by atoms with E-state index in [4.69, 9.17) is 21.4 Å². The third-order valence-corrected chi connectivity index (χ3v) is 5.55. The van der Waals surface area contributed by atoms with Crippen LogP contribution in [0.4, 0.5) is 11.4 Å². The van der Waals surface area contributed by atoms with Gasteiger partial charge < -0.3 is 19.8 Å². The highest BCUT2D eigenvalue weighted by atomic mass is 79.9. The molecule has 4 rings (SSSR count). The number of rotatable bonds is 6. The molecule has 2 amide bonds. The number of furan rings is 1. The van der Waals surface area contributed by atoms with Gasteiger partial charge in [0.2, 0.25) is 0 Å². The number of carbonyl (C=O) groups is 2. The monoisotopic (exact) mass is 537 g/mol. The summed E-state index contributed by atoms with van der Waals surface area (Å²) in [7, 11) is 0. The highest BCUT2D eigenvalue weighted by molar-refractivity contribution is 9.10. The molecule has 0 saturated carbocycles. The van der Waals surface area contributed by atoms with Crippen LogP contribution in [0.1, 0.15) is 16.1 Å². The predicted molar refractivity (Wildman–Crippen MR) is 139 cm³/mol. The van der Waals surface area contributed by atoms with Gasteiger partial charge in [-0.3, -0.25) is 14.9 Å². The normalized spacial score (nSPS) is 10.5. The quantitative estimate of drug-likeness (QED) is 0.275. The zero-order valence-corrected chi connectivity index (χ0v) is 20.5. The number of carbonyl (C=O) groups excluding carboxylic acids is 2. The number of thiocarbonyl (C=S) groups is 1. The van der Waals surface area contributed by atoms with E-state index >= 15 is 0 Å². The summed E-state index contributed by atoms with van der Waals surface area (Å²) < 4.78 is 12.0. The first-order valence-electron chi connectivity index (χ1n) is 10.3. The van der Waals surface area contributed by atoms with Crippen LogP contribution in [0.3, 0.4) is 0 Å². The van der Waals surface area contributed by atoms with Gasteiger partial charge in [-0.2, -0.15) is 0 Å². The number of hydrogen-bond acceptors (Lipinski definition) is 5. The molecule has 0 atom stereocenters. The van der Waals surface area contributed by atoms with Crippen molar-refractivity contribution in [3.63, 3.8) is 0 Å². The molecule has 1 heterocycles. The number of aryl methyl sites for hydroxylation is 1. The van der Waals surface area contributed by atoms with Crippen LogP contribution in [0.5, 0.6) is 5.75 Å². The molecular weight excluding hydrogens is 518 g/mol. The molecule has 172 valence electrons. The molecule has 1 aromatic heterocycles. The Labute approximate surface area is 209 Å². The van der Waals surface area contributed by atoms with Crippen molar-refractivity contribution < 1.29 is 18.7 Å². The van der Waals surface area contributed by atoms with Gasteiger partial charge in [0, 0.05) is 21.2 Å². The second-order valence-electron chi connectivity index (χ2n) is 7.38. The van der Waals surface area contributed by atoms with E-state index in [0.29, 0.717) is 22.7 Å². The minimum Gasteiger partial charge on any atom is -0.484 e. The largest absolute Gasteiger partial charge is 0.484 e. The Hall–Kier alpha value is -3.69. The molecular formula is C25H20BrN3O4S. The number of benzene rings is 3. The summed E-state index contributed by atoms with van der Waals surface area (Å²) in [5.74, 6) is 0.0885. The van der Waals surface area contributed by atoms with E-state index in [1.807, 2.05) is 49.4 Å². The standard InChI is InChI=1S/C25H20BrN3O4S/c1-15-12-18(27-25(34)29-23(30)14-32-19-9-6-17(26)7-10-19)8-11-20(15)28-24(31)22-13-16-4-2-3-5-21(16)33-22/h2-13H,14H2,1H3,(H,28,31)(H2,27,29,30,34). The van der Waals surface area contributed by atoms with E-state index in [1.54, 1.807) is 30.3 Å². The number of para-hydroxylation sites is 1. The fourth-order valence-corrected chi connectivity index (χ4v) is 3.66. The molecule has 3 N–H and O–H groups in total. The lowest BCUT2D eigenvalue weighted by molar-refractivity contribution is -0.121. The van der Waals surface area contributed by atoms with Gasteiger partial charge in [-0.15, -0.1) is 0 Å². The zero-order chi connectivity index (χ0) is 24.1. The number of nitrogens with one attached hydrogen (secondary N) is 3. The summed E-state index contributed by atoms with van der Waals surface area (Å²) in [5.41, 5.74) is 2.76. The van der Waals surface area contributed by atoms with E-state index in [-0.39, 0.29) is 29.3 Å². The van der Waals surface area contributed by atoms with Crippen molar-refractivity contribution >= 4 is 67.4 Å². The molecule has 0 bridgehead atoms. The van der Waals surface area contributed by atoms with E-state index in [1.165, 1.54) is 0 Å².